The van der Waals surface area contributed by atoms with Crippen molar-refractivity contribution < 1.29 is 4.74 Å². The van der Waals surface area contributed by atoms with E-state index in [0.717, 1.165) is 12.8 Å². The highest BCUT2D eigenvalue weighted by molar-refractivity contribution is 5.24. The van der Waals surface area contributed by atoms with Crippen LogP contribution in [-0.4, -0.2) is 6.61 Å². The minimum Gasteiger partial charge on any atom is -0.358 e. The van der Waals surface area contributed by atoms with E-state index in [1.807, 2.05) is 0 Å². The fourth-order valence-electron chi connectivity index (χ4n) is 2.51. The van der Waals surface area contributed by atoms with Crippen molar-refractivity contribution in [2.45, 2.75) is 52.6 Å². The third-order valence-electron chi connectivity index (χ3n) is 3.58. The van der Waals surface area contributed by atoms with Crippen LogP contribution in [0.25, 0.3) is 0 Å². The van der Waals surface area contributed by atoms with Gasteiger partial charge in [-0.05, 0) is 24.8 Å². The molecule has 0 saturated carbocycles. The van der Waals surface area contributed by atoms with Gasteiger partial charge in [-0.1, -0.05) is 62.9 Å². The number of benzene rings is 1. The van der Waals surface area contributed by atoms with Crippen LogP contribution in [0.5, 0.6) is 0 Å². The monoisotopic (exact) mass is 259 g/mol. The molecule has 0 aromatic heterocycles. The summed E-state index contributed by atoms with van der Waals surface area (Å²) in [5, 5.41) is 8.77. The van der Waals surface area contributed by atoms with Crippen LogP contribution in [0.4, 0.5) is 0 Å². The van der Waals surface area contributed by atoms with Crippen molar-refractivity contribution in [1.29, 1.82) is 5.26 Å². The molecule has 1 aromatic rings. The van der Waals surface area contributed by atoms with Crippen molar-refractivity contribution in [3.8, 4) is 6.07 Å². The van der Waals surface area contributed by atoms with Gasteiger partial charge in [0.1, 0.15) is 6.61 Å². The van der Waals surface area contributed by atoms with E-state index in [1.165, 1.54) is 24.0 Å². The molecule has 0 aliphatic rings. The lowest BCUT2D eigenvalue weighted by molar-refractivity contribution is 0.0244. The molecule has 0 N–H and O–H groups in total. The van der Waals surface area contributed by atoms with Crippen molar-refractivity contribution in [3.63, 3.8) is 0 Å². The summed E-state index contributed by atoms with van der Waals surface area (Å²) in [6.45, 7) is 6.68. The standard InChI is InChI=1S/C17H25NO/c1-4-6-9-15(5-2)17(19-12-11-18)16-10-7-8-14(3)13-16/h7-8,10,13,15,17H,4-6,9,12H2,1-3H3/t15-,17+/m0/s1. The van der Waals surface area contributed by atoms with Crippen molar-refractivity contribution in [2.24, 2.45) is 5.92 Å². The maximum atomic E-state index is 8.77. The number of ether oxygens (including phenoxy) is 1. The van der Waals surface area contributed by atoms with Gasteiger partial charge in [-0.2, -0.15) is 5.26 Å². The second kappa shape index (κ2) is 8.72. The minimum absolute atomic E-state index is 0.0519. The molecule has 0 aliphatic carbocycles. The normalized spacial score (nSPS) is 13.8. The van der Waals surface area contributed by atoms with Gasteiger partial charge in [-0.15, -0.1) is 0 Å². The molecular formula is C17H25NO. The van der Waals surface area contributed by atoms with E-state index in [1.54, 1.807) is 0 Å². The lowest BCUT2D eigenvalue weighted by atomic mass is 9.88. The highest BCUT2D eigenvalue weighted by Gasteiger charge is 2.22. The van der Waals surface area contributed by atoms with E-state index in [9.17, 15) is 0 Å². The average molecular weight is 259 g/mol. The van der Waals surface area contributed by atoms with Crippen LogP contribution in [0.1, 0.15) is 56.8 Å². The highest BCUT2D eigenvalue weighted by Crippen LogP contribution is 2.32. The summed E-state index contributed by atoms with van der Waals surface area (Å²) in [7, 11) is 0. The molecule has 2 nitrogen and oxygen atoms in total. The summed E-state index contributed by atoms with van der Waals surface area (Å²) in [5.41, 5.74) is 2.45. The molecule has 0 fully saturated rings. The van der Waals surface area contributed by atoms with Crippen molar-refractivity contribution in [1.82, 2.24) is 0 Å². The Labute approximate surface area is 117 Å². The number of unbranched alkanes of at least 4 members (excludes halogenated alkanes) is 1. The largest absolute Gasteiger partial charge is 0.358 e. The molecule has 1 aromatic carbocycles. The molecular weight excluding hydrogens is 234 g/mol. The second-order valence-corrected chi connectivity index (χ2v) is 5.11. The molecule has 0 heterocycles. The topological polar surface area (TPSA) is 33.0 Å². The molecule has 2 heteroatoms. The zero-order valence-corrected chi connectivity index (χ0v) is 12.4. The van der Waals surface area contributed by atoms with Crippen molar-refractivity contribution >= 4 is 0 Å². The van der Waals surface area contributed by atoms with Gasteiger partial charge in [0, 0.05) is 0 Å². The third-order valence-corrected chi connectivity index (χ3v) is 3.58. The van der Waals surface area contributed by atoms with E-state index in [2.05, 4.69) is 51.1 Å². The fraction of sp³-hybridized carbons (Fsp3) is 0.588. The number of rotatable bonds is 8. The summed E-state index contributed by atoms with van der Waals surface area (Å²) in [6, 6.07) is 10.6. The highest BCUT2D eigenvalue weighted by atomic mass is 16.5. The molecule has 19 heavy (non-hydrogen) atoms. The molecule has 0 radical (unpaired) electrons. The third kappa shape index (κ3) is 5.04. The summed E-state index contributed by atoms with van der Waals surface area (Å²) in [5.74, 6) is 0.495. The number of nitrogens with zero attached hydrogens (tertiary/aromatic N) is 1. The van der Waals surface area contributed by atoms with Crippen molar-refractivity contribution in [3.05, 3.63) is 35.4 Å². The van der Waals surface area contributed by atoms with Crippen LogP contribution in [0, 0.1) is 24.2 Å². The molecule has 1 rings (SSSR count). The van der Waals surface area contributed by atoms with E-state index in [4.69, 9.17) is 10.00 Å². The molecule has 0 spiro atoms. The molecule has 104 valence electrons. The Hall–Kier alpha value is -1.33. The van der Waals surface area contributed by atoms with Gasteiger partial charge in [0.25, 0.3) is 0 Å². The van der Waals surface area contributed by atoms with Crippen LogP contribution in [0.3, 0.4) is 0 Å². The van der Waals surface area contributed by atoms with Crippen LogP contribution >= 0.6 is 0 Å². The fourth-order valence-corrected chi connectivity index (χ4v) is 2.51. The van der Waals surface area contributed by atoms with Gasteiger partial charge in [0.05, 0.1) is 12.2 Å². The zero-order chi connectivity index (χ0) is 14.1. The van der Waals surface area contributed by atoms with Gasteiger partial charge in [-0.25, -0.2) is 0 Å². The Morgan fingerprint density at radius 1 is 1.32 bits per heavy atom. The Balaban J connectivity index is 2.88. The van der Waals surface area contributed by atoms with Crippen LogP contribution in [-0.2, 0) is 4.74 Å². The first-order chi connectivity index (χ1) is 9.22. The summed E-state index contributed by atoms with van der Waals surface area (Å²) < 4.78 is 5.82. The molecule has 0 aliphatic heterocycles. The number of hydrogen-bond acceptors (Lipinski definition) is 2. The van der Waals surface area contributed by atoms with Gasteiger partial charge >= 0.3 is 0 Å². The zero-order valence-electron chi connectivity index (χ0n) is 12.4. The Morgan fingerprint density at radius 3 is 2.68 bits per heavy atom. The Kier molecular flexibility index (Phi) is 7.22. The lowest BCUT2D eigenvalue weighted by Crippen LogP contribution is -2.16. The smallest absolute Gasteiger partial charge is 0.134 e. The summed E-state index contributed by atoms with van der Waals surface area (Å²) in [4.78, 5) is 0. The quantitative estimate of drug-likeness (QED) is 0.672. The molecule has 0 saturated heterocycles. The first kappa shape index (κ1) is 15.7. The maximum Gasteiger partial charge on any atom is 0.134 e. The number of nitriles is 1. The number of aryl methyl sites for hydroxylation is 1. The summed E-state index contributed by atoms with van der Waals surface area (Å²) in [6.07, 6.45) is 4.73. The summed E-state index contributed by atoms with van der Waals surface area (Å²) >= 11 is 0. The Morgan fingerprint density at radius 2 is 2.11 bits per heavy atom. The van der Waals surface area contributed by atoms with Gasteiger partial charge in [0.2, 0.25) is 0 Å². The SMILES string of the molecule is CCCC[C@H](CC)[C@@H](OCC#N)c1cccc(C)c1. The van der Waals surface area contributed by atoms with Gasteiger partial charge < -0.3 is 4.74 Å². The van der Waals surface area contributed by atoms with Gasteiger partial charge in [-0.3, -0.25) is 0 Å². The predicted molar refractivity (Wildman–Crippen MR) is 78.8 cm³/mol. The van der Waals surface area contributed by atoms with Crippen molar-refractivity contribution in [2.75, 3.05) is 6.61 Å². The van der Waals surface area contributed by atoms with E-state index in [-0.39, 0.29) is 12.7 Å². The maximum absolute atomic E-state index is 8.77. The molecule has 0 amide bonds. The van der Waals surface area contributed by atoms with Gasteiger partial charge in [0.15, 0.2) is 0 Å². The van der Waals surface area contributed by atoms with Crippen LogP contribution in [0.2, 0.25) is 0 Å². The predicted octanol–water partition coefficient (Wildman–Crippen LogP) is 4.79. The first-order valence-corrected chi connectivity index (χ1v) is 7.28. The molecule has 2 atom stereocenters. The number of hydrogen-bond donors (Lipinski definition) is 0. The molecule has 0 unspecified atom stereocenters. The Bertz CT molecular complexity index is 408. The second-order valence-electron chi connectivity index (χ2n) is 5.11. The van der Waals surface area contributed by atoms with Crippen LogP contribution in [0.15, 0.2) is 24.3 Å². The molecule has 0 bridgehead atoms. The first-order valence-electron chi connectivity index (χ1n) is 7.28. The lowest BCUT2D eigenvalue weighted by Gasteiger charge is -2.26. The minimum atomic E-state index is 0.0519. The van der Waals surface area contributed by atoms with E-state index >= 15 is 0 Å². The van der Waals surface area contributed by atoms with E-state index < -0.39 is 0 Å². The average Bonchev–Trinajstić information content (AvgIpc) is 2.42. The van der Waals surface area contributed by atoms with Crippen LogP contribution < -0.4 is 0 Å². The van der Waals surface area contributed by atoms with E-state index in [0.29, 0.717) is 5.92 Å².